The van der Waals surface area contributed by atoms with Gasteiger partial charge in [-0.2, -0.15) is 22.0 Å². The number of halogens is 5. The molecule has 2 aliphatic heterocycles. The molecule has 0 saturated carbocycles. The fourth-order valence-corrected chi connectivity index (χ4v) is 6.75. The van der Waals surface area contributed by atoms with Crippen molar-refractivity contribution in [2.24, 2.45) is 0 Å². The monoisotopic (exact) mass is 595 g/mol. The Morgan fingerprint density at radius 2 is 1.79 bits per heavy atom. The van der Waals surface area contributed by atoms with E-state index in [4.69, 9.17) is 20.4 Å². The molecule has 0 saturated heterocycles. The molecule has 4 aromatic rings. The Morgan fingerprint density at radius 3 is 2.43 bits per heavy atom. The predicted molar refractivity (Wildman–Crippen MR) is 150 cm³/mol. The van der Waals surface area contributed by atoms with Gasteiger partial charge in [0.1, 0.15) is 27.3 Å². The zero-order valence-electron chi connectivity index (χ0n) is 22.2. The highest BCUT2D eigenvalue weighted by Crippen LogP contribution is 2.52. The van der Waals surface area contributed by atoms with E-state index in [1.165, 1.54) is 36.4 Å². The average Bonchev–Trinajstić information content (AvgIpc) is 3.39. The molecular weight excluding hydrogens is 574 g/mol. The lowest BCUT2D eigenvalue weighted by Crippen LogP contribution is -2.54. The van der Waals surface area contributed by atoms with Gasteiger partial charge in [0.15, 0.2) is 0 Å². The quantitative estimate of drug-likeness (QED) is 0.198. The fourth-order valence-electron chi connectivity index (χ4n) is 5.99. The summed E-state index contributed by atoms with van der Waals surface area (Å²) in [5.74, 6) is -0.845. The molecule has 212 valence electrons. The number of benzene rings is 3. The third-order valence-corrected chi connectivity index (χ3v) is 8.98. The summed E-state index contributed by atoms with van der Waals surface area (Å²) in [5.41, 5.74) is -2.39. The van der Waals surface area contributed by atoms with Crippen molar-refractivity contribution < 1.29 is 36.6 Å². The second-order valence-electron chi connectivity index (χ2n) is 10.5. The van der Waals surface area contributed by atoms with Crippen molar-refractivity contribution in [2.45, 2.75) is 36.8 Å². The fraction of sp³-hybridized carbons (Fsp3) is 0.286. The highest BCUT2D eigenvalue weighted by atomic mass is 31.1. The molecule has 0 fully saturated rings. The molecule has 42 heavy (non-hydrogen) atoms. The van der Waals surface area contributed by atoms with Crippen molar-refractivity contribution in [1.29, 1.82) is 0 Å². The minimum absolute atomic E-state index is 0.0315. The molecule has 2 bridgehead atoms. The van der Waals surface area contributed by atoms with Crippen LogP contribution in [-0.2, 0) is 6.18 Å². The molecule has 4 radical (unpaired) electrons. The van der Waals surface area contributed by atoms with E-state index in [1.807, 2.05) is 13.3 Å². The lowest BCUT2D eigenvalue weighted by Gasteiger charge is -2.39. The standard InChI is InChI=1S/C28H21B2F5N3O3P/c1-42(2)14-7-8-15(17(11-14)27(33,34)35)13-6-9-18-19(10-13)37-20-12-21(24(37)36-18)38(28(29,30)40)25(39)16-4-3-5-22(23(16)20)41-26(31)32/h3-11,20-21,26,40H,12H2,1-2H3/t20-,21?/m1/s1. The molecular formula is C28H21B2F5N3O3P. The molecule has 3 aromatic carbocycles. The number of hydrogen-bond acceptors (Lipinski definition) is 4. The van der Waals surface area contributed by atoms with E-state index in [0.717, 1.165) is 4.90 Å². The first-order chi connectivity index (χ1) is 19.7. The number of fused-ring (bicyclic) bond motifs is 9. The van der Waals surface area contributed by atoms with Crippen molar-refractivity contribution in [3.63, 3.8) is 0 Å². The smallest absolute Gasteiger partial charge is 0.417 e. The Labute approximate surface area is 241 Å². The highest BCUT2D eigenvalue weighted by molar-refractivity contribution is 7.64. The van der Waals surface area contributed by atoms with Gasteiger partial charge in [0.25, 0.3) is 5.91 Å². The maximum atomic E-state index is 14.2. The molecule has 14 heteroatoms. The molecule has 6 rings (SSSR count). The first-order valence-electron chi connectivity index (χ1n) is 12.8. The van der Waals surface area contributed by atoms with Crippen LogP contribution in [0, 0.1) is 0 Å². The summed E-state index contributed by atoms with van der Waals surface area (Å²) in [5, 5.41) is 11.2. The van der Waals surface area contributed by atoms with Gasteiger partial charge in [0.05, 0.1) is 34.2 Å². The van der Waals surface area contributed by atoms with Gasteiger partial charge < -0.3 is 19.3 Å². The Balaban J connectivity index is 1.61. The Bertz CT molecular complexity index is 1740. The summed E-state index contributed by atoms with van der Waals surface area (Å²) >= 11 is 0. The zero-order chi connectivity index (χ0) is 30.3. The largest absolute Gasteiger partial charge is 0.434 e. The zero-order valence-corrected chi connectivity index (χ0v) is 23.1. The number of aromatic nitrogens is 2. The van der Waals surface area contributed by atoms with Crippen molar-refractivity contribution in [3.05, 3.63) is 77.1 Å². The Kier molecular flexibility index (Phi) is 6.70. The summed E-state index contributed by atoms with van der Waals surface area (Å²) in [4.78, 5) is 19.1. The molecule has 1 N–H and O–H groups in total. The Hall–Kier alpha value is -3.43. The predicted octanol–water partition coefficient (Wildman–Crippen LogP) is 5.12. The van der Waals surface area contributed by atoms with Crippen LogP contribution in [0.4, 0.5) is 22.0 Å². The SMILES string of the molecule is [B]C([B])(O)N1C(=O)c2cccc(OC(F)F)c2[C@H]2CC1c1nc3ccc(-c4ccc(P(C)C)cc4C(F)(F)F)cc3n12. The Morgan fingerprint density at radius 1 is 1.05 bits per heavy atom. The summed E-state index contributed by atoms with van der Waals surface area (Å²) in [6.07, 6.45) is -4.58. The van der Waals surface area contributed by atoms with E-state index >= 15 is 0 Å². The topological polar surface area (TPSA) is 67.6 Å². The van der Waals surface area contributed by atoms with Gasteiger partial charge in [-0.15, -0.1) is 0 Å². The molecule has 0 spiro atoms. The van der Waals surface area contributed by atoms with Crippen molar-refractivity contribution in [2.75, 3.05) is 13.3 Å². The molecule has 3 heterocycles. The number of carbonyl (C=O) groups is 1. The number of amides is 1. The number of imidazole rings is 1. The normalized spacial score (nSPS) is 18.5. The maximum Gasteiger partial charge on any atom is 0.417 e. The third kappa shape index (κ3) is 4.57. The van der Waals surface area contributed by atoms with Gasteiger partial charge in [-0.3, -0.25) is 4.79 Å². The second kappa shape index (κ2) is 9.81. The van der Waals surface area contributed by atoms with Crippen LogP contribution < -0.4 is 10.0 Å². The number of hydrogen-bond donors (Lipinski definition) is 1. The molecule has 6 nitrogen and oxygen atoms in total. The van der Waals surface area contributed by atoms with Crippen molar-refractivity contribution >= 4 is 45.9 Å². The number of rotatable bonds is 5. The van der Waals surface area contributed by atoms with Gasteiger partial charge in [0.2, 0.25) is 0 Å². The van der Waals surface area contributed by atoms with Crippen LogP contribution in [0.15, 0.2) is 54.6 Å². The number of carbonyl (C=O) groups excluding carboxylic acids is 1. The van der Waals surface area contributed by atoms with Crippen LogP contribution in [0.5, 0.6) is 5.75 Å². The van der Waals surface area contributed by atoms with E-state index in [2.05, 4.69) is 4.98 Å². The number of aliphatic hydroxyl groups is 1. The first-order valence-corrected chi connectivity index (χ1v) is 15.0. The van der Waals surface area contributed by atoms with Crippen molar-refractivity contribution in [3.8, 4) is 16.9 Å². The maximum absolute atomic E-state index is 14.2. The van der Waals surface area contributed by atoms with E-state index in [1.54, 1.807) is 22.8 Å². The lowest BCUT2D eigenvalue weighted by atomic mass is 9.71. The van der Waals surface area contributed by atoms with E-state index in [0.29, 0.717) is 16.3 Å². The van der Waals surface area contributed by atoms with Gasteiger partial charge >= 0.3 is 12.8 Å². The summed E-state index contributed by atoms with van der Waals surface area (Å²) in [6.45, 7) is 0.536. The van der Waals surface area contributed by atoms with Crippen LogP contribution >= 0.6 is 7.92 Å². The minimum Gasteiger partial charge on any atom is -0.434 e. The van der Waals surface area contributed by atoms with Crippen LogP contribution in [-0.4, -0.2) is 66.6 Å². The first kappa shape index (κ1) is 28.7. The molecule has 1 unspecified atom stereocenters. The van der Waals surface area contributed by atoms with Crippen LogP contribution in [0.2, 0.25) is 0 Å². The summed E-state index contributed by atoms with van der Waals surface area (Å²) < 4.78 is 75.9. The average molecular weight is 595 g/mol. The molecule has 1 aromatic heterocycles. The van der Waals surface area contributed by atoms with Gasteiger partial charge in [-0.05, 0) is 60.1 Å². The van der Waals surface area contributed by atoms with E-state index < -0.39 is 49.8 Å². The number of ether oxygens (including phenoxy) is 1. The number of nitrogens with zero attached hydrogens (tertiary/aromatic N) is 3. The summed E-state index contributed by atoms with van der Waals surface area (Å²) in [7, 11) is 10.9. The molecule has 1 amide bonds. The third-order valence-electron chi connectivity index (χ3n) is 7.67. The van der Waals surface area contributed by atoms with Gasteiger partial charge in [-0.1, -0.05) is 32.2 Å². The van der Waals surface area contributed by atoms with Crippen LogP contribution in [0.3, 0.4) is 0 Å². The second-order valence-corrected chi connectivity index (χ2v) is 12.8. The molecule has 2 atom stereocenters. The minimum atomic E-state index is -4.62. The van der Waals surface area contributed by atoms with Crippen LogP contribution in [0.1, 0.15) is 45.8 Å². The number of alkyl halides is 5. The van der Waals surface area contributed by atoms with E-state index in [9.17, 15) is 31.9 Å². The van der Waals surface area contributed by atoms with Crippen LogP contribution in [0.25, 0.3) is 22.2 Å². The van der Waals surface area contributed by atoms with E-state index in [-0.39, 0.29) is 40.2 Å². The highest BCUT2D eigenvalue weighted by Gasteiger charge is 2.49. The van der Waals surface area contributed by atoms with Crippen molar-refractivity contribution in [1.82, 2.24) is 14.5 Å². The lowest BCUT2D eigenvalue weighted by molar-refractivity contribution is -0.137. The molecule has 2 aliphatic rings. The summed E-state index contributed by atoms with van der Waals surface area (Å²) in [6, 6.07) is 11.1. The van der Waals surface area contributed by atoms with Gasteiger partial charge in [-0.25, -0.2) is 4.98 Å². The van der Waals surface area contributed by atoms with Gasteiger partial charge in [0, 0.05) is 17.5 Å². The molecule has 0 aliphatic carbocycles.